The van der Waals surface area contributed by atoms with Crippen molar-refractivity contribution < 1.29 is 18.7 Å². The normalized spacial score (nSPS) is 18.8. The molecule has 0 spiro atoms. The summed E-state index contributed by atoms with van der Waals surface area (Å²) in [5.41, 5.74) is 2.87. The molecule has 0 saturated carbocycles. The third-order valence-electron chi connectivity index (χ3n) is 6.55. The van der Waals surface area contributed by atoms with Gasteiger partial charge in [-0.1, -0.05) is 0 Å². The number of nitrogens with one attached hydrogen (secondary N) is 1. The zero-order valence-electron chi connectivity index (χ0n) is 20.9. The number of pyridine rings is 1. The summed E-state index contributed by atoms with van der Waals surface area (Å²) in [6.07, 6.45) is 6.12. The molecule has 2 aliphatic heterocycles. The predicted octanol–water partition coefficient (Wildman–Crippen LogP) is 3.79. The number of likely N-dealkylation sites (tertiary alicyclic amines) is 1. The SMILES string of the molecule is Cc1cn2cc(NC(=O)c3ccc(N4C5CN(C(=O)OC(C)(C)C)CC54)c4nccnc34)cc(F)c2n1. The summed E-state index contributed by atoms with van der Waals surface area (Å²) in [6, 6.07) is 5.12. The molecule has 2 unspecified atom stereocenters. The molecule has 2 atom stereocenters. The second kappa shape index (κ2) is 8.12. The van der Waals surface area contributed by atoms with Crippen molar-refractivity contribution in [3.63, 3.8) is 0 Å². The maximum Gasteiger partial charge on any atom is 0.410 e. The van der Waals surface area contributed by atoms with Gasteiger partial charge in [0.25, 0.3) is 5.91 Å². The minimum Gasteiger partial charge on any atom is -0.444 e. The van der Waals surface area contributed by atoms with Crippen LogP contribution < -0.4 is 10.2 Å². The highest BCUT2D eigenvalue weighted by Crippen LogP contribution is 2.43. The Labute approximate surface area is 212 Å². The van der Waals surface area contributed by atoms with E-state index in [1.165, 1.54) is 12.3 Å². The second-order valence-electron chi connectivity index (χ2n) is 10.5. The van der Waals surface area contributed by atoms with E-state index in [1.807, 2.05) is 26.8 Å². The predicted molar refractivity (Wildman–Crippen MR) is 135 cm³/mol. The number of halogens is 1. The van der Waals surface area contributed by atoms with Crippen LogP contribution in [0.25, 0.3) is 16.7 Å². The van der Waals surface area contributed by atoms with Gasteiger partial charge in [0.1, 0.15) is 16.6 Å². The number of ether oxygens (including phenoxy) is 1. The van der Waals surface area contributed by atoms with Crippen molar-refractivity contribution in [3.05, 3.63) is 60.1 Å². The highest BCUT2D eigenvalue weighted by atomic mass is 19.1. The number of benzene rings is 1. The summed E-state index contributed by atoms with van der Waals surface area (Å²) >= 11 is 0. The highest BCUT2D eigenvalue weighted by molar-refractivity contribution is 6.13. The molecule has 37 heavy (non-hydrogen) atoms. The number of carbonyl (C=O) groups excluding carboxylic acids is 2. The van der Waals surface area contributed by atoms with Gasteiger partial charge in [0, 0.05) is 43.9 Å². The first-order valence-electron chi connectivity index (χ1n) is 12.1. The van der Waals surface area contributed by atoms with E-state index >= 15 is 0 Å². The van der Waals surface area contributed by atoms with Crippen molar-refractivity contribution in [3.8, 4) is 0 Å². The first-order chi connectivity index (χ1) is 17.6. The van der Waals surface area contributed by atoms with Crippen LogP contribution in [0.1, 0.15) is 36.8 Å². The van der Waals surface area contributed by atoms with Gasteiger partial charge in [-0.25, -0.2) is 14.2 Å². The molecule has 1 N–H and O–H groups in total. The molecule has 5 heterocycles. The number of anilines is 2. The van der Waals surface area contributed by atoms with Gasteiger partial charge in [0.05, 0.1) is 34.7 Å². The summed E-state index contributed by atoms with van der Waals surface area (Å²) in [7, 11) is 0. The molecule has 4 aromatic rings. The van der Waals surface area contributed by atoms with Crippen LogP contribution in [-0.2, 0) is 4.74 Å². The van der Waals surface area contributed by atoms with E-state index in [1.54, 1.807) is 40.9 Å². The lowest BCUT2D eigenvalue weighted by atomic mass is 10.1. The Kier molecular flexibility index (Phi) is 5.08. The first-order valence-corrected chi connectivity index (χ1v) is 12.1. The topological polar surface area (TPSA) is 105 Å². The highest BCUT2D eigenvalue weighted by Gasteiger charge is 2.56. The molecule has 0 aliphatic carbocycles. The lowest BCUT2D eigenvalue weighted by Gasteiger charge is -2.26. The van der Waals surface area contributed by atoms with Gasteiger partial charge < -0.3 is 24.3 Å². The number of carbonyl (C=O) groups is 2. The zero-order valence-corrected chi connectivity index (χ0v) is 20.9. The van der Waals surface area contributed by atoms with Crippen LogP contribution >= 0.6 is 0 Å². The Bertz CT molecular complexity index is 1570. The molecule has 10 nitrogen and oxygen atoms in total. The molecule has 2 saturated heterocycles. The molecule has 2 fully saturated rings. The Morgan fingerprint density at radius 3 is 2.49 bits per heavy atom. The lowest BCUT2D eigenvalue weighted by molar-refractivity contribution is 0.0283. The number of hydrogen-bond donors (Lipinski definition) is 1. The number of aryl methyl sites for hydroxylation is 1. The number of piperazine rings is 1. The van der Waals surface area contributed by atoms with E-state index < -0.39 is 17.3 Å². The summed E-state index contributed by atoms with van der Waals surface area (Å²) < 4.78 is 21.5. The average molecular weight is 504 g/mol. The molecule has 0 radical (unpaired) electrons. The Balaban J connectivity index is 1.23. The molecule has 11 heteroatoms. The Hall–Kier alpha value is -4.28. The van der Waals surface area contributed by atoms with Crippen molar-refractivity contribution in [2.75, 3.05) is 23.3 Å². The van der Waals surface area contributed by atoms with Gasteiger partial charge >= 0.3 is 6.09 Å². The van der Waals surface area contributed by atoms with Crippen molar-refractivity contribution in [1.29, 1.82) is 0 Å². The minimum atomic E-state index is -0.541. The van der Waals surface area contributed by atoms with Gasteiger partial charge in [0.15, 0.2) is 11.5 Å². The molecule has 0 bridgehead atoms. The molecule has 1 aromatic carbocycles. The number of nitrogens with zero attached hydrogens (tertiary/aromatic N) is 6. The summed E-state index contributed by atoms with van der Waals surface area (Å²) in [5, 5.41) is 2.77. The standard InChI is InChI=1S/C26H26FN7O3/c1-14-10-32-11-15(9-17(27)23(32)30-14)31-24(35)16-5-6-18(22-21(16)28-7-8-29-22)34-19-12-33(13-20(19)34)25(36)37-26(2,3)4/h5-11,19-20H,12-13H2,1-4H3,(H,31,35). The fourth-order valence-electron chi connectivity index (χ4n) is 4.99. The van der Waals surface area contributed by atoms with E-state index in [4.69, 9.17) is 4.74 Å². The monoisotopic (exact) mass is 503 g/mol. The van der Waals surface area contributed by atoms with E-state index in [9.17, 15) is 14.0 Å². The van der Waals surface area contributed by atoms with Crippen LogP contribution in [0.2, 0.25) is 0 Å². The van der Waals surface area contributed by atoms with E-state index in [0.717, 1.165) is 5.69 Å². The molecular formula is C26H26FN7O3. The lowest BCUT2D eigenvalue weighted by Crippen LogP contribution is -2.39. The van der Waals surface area contributed by atoms with E-state index in [2.05, 4.69) is 25.2 Å². The van der Waals surface area contributed by atoms with Crippen LogP contribution in [0.15, 0.2) is 43.0 Å². The number of amides is 2. The van der Waals surface area contributed by atoms with Gasteiger partial charge in [-0.15, -0.1) is 0 Å². The molecule has 190 valence electrons. The molecule has 2 amide bonds. The van der Waals surface area contributed by atoms with Gasteiger partial charge in [-0.3, -0.25) is 14.8 Å². The maximum atomic E-state index is 14.5. The summed E-state index contributed by atoms with van der Waals surface area (Å²) in [4.78, 5) is 42.7. The minimum absolute atomic E-state index is 0.158. The number of hydrogen-bond acceptors (Lipinski definition) is 7. The van der Waals surface area contributed by atoms with Crippen LogP contribution in [0.5, 0.6) is 0 Å². The van der Waals surface area contributed by atoms with Crippen LogP contribution in [0.4, 0.5) is 20.6 Å². The van der Waals surface area contributed by atoms with Crippen LogP contribution in [0, 0.1) is 12.7 Å². The van der Waals surface area contributed by atoms with Gasteiger partial charge in [-0.2, -0.15) is 0 Å². The Morgan fingerprint density at radius 1 is 1.08 bits per heavy atom. The van der Waals surface area contributed by atoms with E-state index in [-0.39, 0.29) is 23.8 Å². The number of aromatic nitrogens is 4. The Morgan fingerprint density at radius 2 is 1.78 bits per heavy atom. The molecule has 2 aliphatic rings. The van der Waals surface area contributed by atoms with Crippen LogP contribution in [-0.4, -0.2) is 67.0 Å². The number of rotatable bonds is 3. The molecular weight excluding hydrogens is 477 g/mol. The van der Waals surface area contributed by atoms with E-state index in [0.29, 0.717) is 41.1 Å². The zero-order chi connectivity index (χ0) is 26.1. The fourth-order valence-corrected chi connectivity index (χ4v) is 4.99. The van der Waals surface area contributed by atoms with Crippen LogP contribution in [0.3, 0.4) is 0 Å². The average Bonchev–Trinajstić information content (AvgIpc) is 3.13. The molecule has 6 rings (SSSR count). The first kappa shape index (κ1) is 23.1. The number of imidazole rings is 1. The summed E-state index contributed by atoms with van der Waals surface area (Å²) in [5.74, 6) is -0.950. The summed E-state index contributed by atoms with van der Waals surface area (Å²) in [6.45, 7) is 8.45. The van der Waals surface area contributed by atoms with Crippen molar-refractivity contribution in [1.82, 2.24) is 24.3 Å². The number of fused-ring (bicyclic) bond motifs is 3. The van der Waals surface area contributed by atoms with Gasteiger partial charge in [0.2, 0.25) is 0 Å². The third-order valence-corrected chi connectivity index (χ3v) is 6.55. The third kappa shape index (κ3) is 4.09. The quantitative estimate of drug-likeness (QED) is 0.424. The fraction of sp³-hybridized carbons (Fsp3) is 0.346. The van der Waals surface area contributed by atoms with Crippen molar-refractivity contribution >= 4 is 40.1 Å². The van der Waals surface area contributed by atoms with Crippen molar-refractivity contribution in [2.24, 2.45) is 0 Å². The molecule has 3 aromatic heterocycles. The smallest absolute Gasteiger partial charge is 0.410 e. The second-order valence-corrected chi connectivity index (χ2v) is 10.5. The van der Waals surface area contributed by atoms with Crippen molar-refractivity contribution in [2.45, 2.75) is 45.4 Å². The largest absolute Gasteiger partial charge is 0.444 e. The van der Waals surface area contributed by atoms with Gasteiger partial charge in [-0.05, 0) is 39.8 Å². The maximum absolute atomic E-state index is 14.5.